The van der Waals surface area contributed by atoms with Gasteiger partial charge in [0.25, 0.3) is 0 Å². The molecule has 0 amide bonds. The van der Waals surface area contributed by atoms with Crippen LogP contribution in [0.15, 0.2) is 30.3 Å². The second kappa shape index (κ2) is 4.78. The van der Waals surface area contributed by atoms with Gasteiger partial charge in [-0.25, -0.2) is 0 Å². The SMILES string of the molecule is ClC(c1ccccc1)N1[CH]CNCC1. The second-order valence-corrected chi connectivity index (χ2v) is 3.78. The molecule has 75 valence electrons. The van der Waals surface area contributed by atoms with E-state index in [1.54, 1.807) is 0 Å². The Bertz CT molecular complexity index is 270. The van der Waals surface area contributed by atoms with Gasteiger partial charge in [-0.05, 0) is 5.56 Å². The molecule has 1 unspecified atom stereocenters. The van der Waals surface area contributed by atoms with Gasteiger partial charge in [-0.2, -0.15) is 0 Å². The summed E-state index contributed by atoms with van der Waals surface area (Å²) in [5.74, 6) is 0. The van der Waals surface area contributed by atoms with Crippen molar-refractivity contribution in [2.45, 2.75) is 5.50 Å². The Hall–Kier alpha value is -0.570. The number of halogens is 1. The fraction of sp³-hybridized carbons (Fsp3) is 0.364. The normalized spacial score (nSPS) is 20.6. The Morgan fingerprint density at radius 3 is 2.71 bits per heavy atom. The topological polar surface area (TPSA) is 15.3 Å². The van der Waals surface area contributed by atoms with Crippen LogP contribution in [0.1, 0.15) is 11.1 Å². The van der Waals surface area contributed by atoms with E-state index < -0.39 is 0 Å². The third-order valence-corrected chi connectivity index (χ3v) is 2.89. The van der Waals surface area contributed by atoms with Gasteiger partial charge in [0.05, 0.1) is 0 Å². The molecule has 3 heteroatoms. The van der Waals surface area contributed by atoms with Crippen molar-refractivity contribution in [3.63, 3.8) is 0 Å². The number of hydrogen-bond donors (Lipinski definition) is 1. The van der Waals surface area contributed by atoms with Crippen LogP contribution in [0.4, 0.5) is 0 Å². The van der Waals surface area contributed by atoms with E-state index in [0.717, 1.165) is 25.2 Å². The van der Waals surface area contributed by atoms with E-state index >= 15 is 0 Å². The highest BCUT2D eigenvalue weighted by atomic mass is 35.5. The number of nitrogens with one attached hydrogen (secondary N) is 1. The molecule has 0 aliphatic carbocycles. The highest BCUT2D eigenvalue weighted by molar-refractivity contribution is 6.20. The van der Waals surface area contributed by atoms with E-state index in [-0.39, 0.29) is 5.50 Å². The molecule has 14 heavy (non-hydrogen) atoms. The van der Waals surface area contributed by atoms with Gasteiger partial charge >= 0.3 is 0 Å². The number of benzene rings is 1. The van der Waals surface area contributed by atoms with Gasteiger partial charge in [0.2, 0.25) is 0 Å². The number of alkyl halides is 1. The molecule has 0 spiro atoms. The fourth-order valence-electron chi connectivity index (χ4n) is 1.59. The molecule has 2 rings (SSSR count). The first-order valence-electron chi connectivity index (χ1n) is 4.87. The molecule has 1 heterocycles. The van der Waals surface area contributed by atoms with E-state index in [0.29, 0.717) is 0 Å². The zero-order valence-electron chi connectivity index (χ0n) is 7.99. The lowest BCUT2D eigenvalue weighted by Gasteiger charge is -2.30. The summed E-state index contributed by atoms with van der Waals surface area (Å²) >= 11 is 6.35. The first-order chi connectivity index (χ1) is 6.88. The molecule has 1 atom stereocenters. The summed E-state index contributed by atoms with van der Waals surface area (Å²) in [6.45, 7) is 5.01. The van der Waals surface area contributed by atoms with Crippen LogP contribution in [0.3, 0.4) is 0 Å². The zero-order chi connectivity index (χ0) is 9.80. The van der Waals surface area contributed by atoms with Gasteiger partial charge in [0.15, 0.2) is 0 Å². The van der Waals surface area contributed by atoms with Crippen LogP contribution >= 0.6 is 11.6 Å². The second-order valence-electron chi connectivity index (χ2n) is 3.37. The lowest BCUT2D eigenvalue weighted by molar-refractivity contribution is 0.274. The maximum atomic E-state index is 6.35. The first-order valence-corrected chi connectivity index (χ1v) is 5.30. The average Bonchev–Trinajstić information content (AvgIpc) is 2.30. The van der Waals surface area contributed by atoms with E-state index in [2.05, 4.69) is 28.9 Å². The van der Waals surface area contributed by atoms with Gasteiger partial charge in [0.1, 0.15) is 5.50 Å². The maximum Gasteiger partial charge on any atom is 0.111 e. The molecular weight excluding hydrogens is 196 g/mol. The standard InChI is InChI=1S/C11H14ClN2/c12-11(10-4-2-1-3-5-10)14-8-6-13-7-9-14/h1-5,8,11,13H,6-7,9H2. The molecule has 1 aromatic rings. The van der Waals surface area contributed by atoms with Gasteiger partial charge in [-0.1, -0.05) is 30.3 Å². The molecule has 1 radical (unpaired) electrons. The minimum absolute atomic E-state index is 0.0294. The number of nitrogens with zero attached hydrogens (tertiary/aromatic N) is 1. The summed E-state index contributed by atoms with van der Waals surface area (Å²) < 4.78 is 0. The third-order valence-electron chi connectivity index (χ3n) is 2.38. The van der Waals surface area contributed by atoms with E-state index in [9.17, 15) is 0 Å². The van der Waals surface area contributed by atoms with Crippen LogP contribution in [0, 0.1) is 6.54 Å². The van der Waals surface area contributed by atoms with Crippen LogP contribution in [0.2, 0.25) is 0 Å². The average molecular weight is 210 g/mol. The molecule has 1 fully saturated rings. The van der Waals surface area contributed by atoms with Crippen molar-refractivity contribution in [1.82, 2.24) is 10.2 Å². The number of piperazine rings is 1. The van der Waals surface area contributed by atoms with E-state index in [4.69, 9.17) is 11.6 Å². The summed E-state index contributed by atoms with van der Waals surface area (Å²) in [5, 5.41) is 3.27. The molecule has 0 bridgehead atoms. The molecule has 1 aromatic carbocycles. The highest BCUT2D eigenvalue weighted by Crippen LogP contribution is 2.25. The Balaban J connectivity index is 2.03. The third kappa shape index (κ3) is 2.27. The van der Waals surface area contributed by atoms with Crippen molar-refractivity contribution in [3.05, 3.63) is 42.4 Å². The quantitative estimate of drug-likeness (QED) is 0.592. The Labute approximate surface area is 89.9 Å². The minimum atomic E-state index is -0.0294. The molecule has 1 N–H and O–H groups in total. The summed E-state index contributed by atoms with van der Waals surface area (Å²) in [6.07, 6.45) is 0. The molecule has 2 nitrogen and oxygen atoms in total. The van der Waals surface area contributed by atoms with Crippen LogP contribution in [-0.2, 0) is 0 Å². The Kier molecular flexibility index (Phi) is 3.40. The highest BCUT2D eigenvalue weighted by Gasteiger charge is 2.19. The first kappa shape index (κ1) is 9.97. The minimum Gasteiger partial charge on any atom is -0.314 e. The van der Waals surface area contributed by atoms with Crippen LogP contribution in [0.25, 0.3) is 0 Å². The van der Waals surface area contributed by atoms with Crippen LogP contribution in [-0.4, -0.2) is 24.5 Å². The summed E-state index contributed by atoms with van der Waals surface area (Å²) in [5.41, 5.74) is 1.13. The van der Waals surface area contributed by atoms with Crippen molar-refractivity contribution >= 4 is 11.6 Å². The summed E-state index contributed by atoms with van der Waals surface area (Å²) in [4.78, 5) is 2.17. The molecule has 0 saturated carbocycles. The number of hydrogen-bond acceptors (Lipinski definition) is 2. The van der Waals surface area contributed by atoms with Gasteiger partial charge in [-0.15, -0.1) is 11.6 Å². The lowest BCUT2D eigenvalue weighted by Crippen LogP contribution is -2.40. The molecular formula is C11H14ClN2. The summed E-state index contributed by atoms with van der Waals surface area (Å²) in [7, 11) is 0. The molecule has 1 aliphatic rings. The van der Waals surface area contributed by atoms with E-state index in [1.807, 2.05) is 18.2 Å². The van der Waals surface area contributed by atoms with Crippen molar-refractivity contribution in [2.75, 3.05) is 19.6 Å². The van der Waals surface area contributed by atoms with Crippen molar-refractivity contribution in [1.29, 1.82) is 0 Å². The monoisotopic (exact) mass is 209 g/mol. The van der Waals surface area contributed by atoms with Gasteiger partial charge < -0.3 is 5.32 Å². The van der Waals surface area contributed by atoms with Crippen molar-refractivity contribution in [2.24, 2.45) is 0 Å². The van der Waals surface area contributed by atoms with Gasteiger partial charge in [0, 0.05) is 26.2 Å². The molecule has 1 saturated heterocycles. The predicted octanol–water partition coefficient (Wildman–Crippen LogP) is 1.99. The maximum absolute atomic E-state index is 6.35. The van der Waals surface area contributed by atoms with Crippen molar-refractivity contribution in [3.8, 4) is 0 Å². The largest absolute Gasteiger partial charge is 0.314 e. The Morgan fingerprint density at radius 2 is 2.07 bits per heavy atom. The smallest absolute Gasteiger partial charge is 0.111 e. The van der Waals surface area contributed by atoms with Crippen LogP contribution < -0.4 is 5.32 Å². The number of rotatable bonds is 2. The predicted molar refractivity (Wildman–Crippen MR) is 58.9 cm³/mol. The fourth-order valence-corrected chi connectivity index (χ4v) is 1.92. The zero-order valence-corrected chi connectivity index (χ0v) is 8.74. The molecule has 0 aromatic heterocycles. The Morgan fingerprint density at radius 1 is 1.29 bits per heavy atom. The van der Waals surface area contributed by atoms with E-state index in [1.165, 1.54) is 0 Å². The molecule has 1 aliphatic heterocycles. The van der Waals surface area contributed by atoms with Crippen molar-refractivity contribution < 1.29 is 0 Å². The van der Waals surface area contributed by atoms with Gasteiger partial charge in [-0.3, -0.25) is 4.90 Å². The summed E-state index contributed by atoms with van der Waals surface area (Å²) in [6, 6.07) is 10.2. The van der Waals surface area contributed by atoms with Crippen LogP contribution in [0.5, 0.6) is 0 Å². The lowest BCUT2D eigenvalue weighted by atomic mass is 10.2.